The minimum absolute atomic E-state index is 0.145. The van der Waals surface area contributed by atoms with Gasteiger partial charge in [0, 0.05) is 18.2 Å². The minimum atomic E-state index is -0.542. The smallest absolute Gasteiger partial charge is 0.243 e. The summed E-state index contributed by atoms with van der Waals surface area (Å²) in [5, 5.41) is 2.89. The summed E-state index contributed by atoms with van der Waals surface area (Å²) in [6, 6.07) is 4.96. The minimum Gasteiger partial charge on any atom is -0.497 e. The predicted molar refractivity (Wildman–Crippen MR) is 89.6 cm³/mol. The van der Waals surface area contributed by atoms with Crippen molar-refractivity contribution in [3.05, 3.63) is 23.8 Å². The molecular formula is C17H24N2O6. The first-order valence-corrected chi connectivity index (χ1v) is 8.01. The van der Waals surface area contributed by atoms with Gasteiger partial charge in [-0.05, 0) is 12.5 Å². The van der Waals surface area contributed by atoms with Crippen molar-refractivity contribution in [3.63, 3.8) is 0 Å². The normalized spacial score (nSPS) is 19.9. The highest BCUT2D eigenvalue weighted by atomic mass is 16.5. The number of primary amides is 1. The van der Waals surface area contributed by atoms with E-state index >= 15 is 0 Å². The lowest BCUT2D eigenvalue weighted by atomic mass is 10.1. The third kappa shape index (κ3) is 5.61. The summed E-state index contributed by atoms with van der Waals surface area (Å²) >= 11 is 0. The SMILES string of the molecule is COc1ccc(CC(=O)N[C@@H]2COCC[C@@H]2OCC(N)=O)c(OC)c1. The standard InChI is InChI=1S/C17H24N2O6/c1-22-12-4-3-11(15(8-12)23-2)7-17(21)19-13-9-24-6-5-14(13)25-10-16(18)20/h3-4,8,13-14H,5-7,9-10H2,1-2H3,(H2,18,20)(H,19,21)/t13-,14+/m1/s1. The van der Waals surface area contributed by atoms with E-state index < -0.39 is 5.91 Å². The van der Waals surface area contributed by atoms with Gasteiger partial charge in [-0.25, -0.2) is 0 Å². The molecule has 0 unspecified atom stereocenters. The summed E-state index contributed by atoms with van der Waals surface area (Å²) in [4.78, 5) is 23.3. The van der Waals surface area contributed by atoms with Crippen molar-refractivity contribution in [2.24, 2.45) is 5.73 Å². The van der Waals surface area contributed by atoms with E-state index in [4.69, 9.17) is 24.7 Å². The first kappa shape index (κ1) is 19.0. The zero-order valence-electron chi connectivity index (χ0n) is 14.4. The van der Waals surface area contributed by atoms with Gasteiger partial charge < -0.3 is 30.0 Å². The number of rotatable bonds is 8. The Kier molecular flexibility index (Phi) is 7.03. The van der Waals surface area contributed by atoms with E-state index in [0.717, 1.165) is 5.56 Å². The highest BCUT2D eigenvalue weighted by molar-refractivity contribution is 5.80. The first-order chi connectivity index (χ1) is 12.0. The number of methoxy groups -OCH3 is 2. The topological polar surface area (TPSA) is 109 Å². The molecule has 0 saturated carbocycles. The Morgan fingerprint density at radius 3 is 2.80 bits per heavy atom. The molecule has 1 aliphatic heterocycles. The van der Waals surface area contributed by atoms with Crippen LogP contribution in [0.1, 0.15) is 12.0 Å². The number of carbonyl (C=O) groups excluding carboxylic acids is 2. The number of nitrogens with two attached hydrogens (primary N) is 1. The summed E-state index contributed by atoms with van der Waals surface area (Å²) in [5.41, 5.74) is 5.85. The van der Waals surface area contributed by atoms with Crippen LogP contribution in [0.5, 0.6) is 11.5 Å². The molecule has 8 heteroatoms. The van der Waals surface area contributed by atoms with Gasteiger partial charge in [0.05, 0.1) is 39.4 Å². The van der Waals surface area contributed by atoms with E-state index in [2.05, 4.69) is 5.32 Å². The molecule has 1 aromatic rings. The molecule has 1 fully saturated rings. The molecule has 0 radical (unpaired) electrons. The fraction of sp³-hybridized carbons (Fsp3) is 0.529. The van der Waals surface area contributed by atoms with Crippen molar-refractivity contribution in [2.75, 3.05) is 34.0 Å². The van der Waals surface area contributed by atoms with Crippen LogP contribution >= 0.6 is 0 Å². The van der Waals surface area contributed by atoms with Gasteiger partial charge in [-0.2, -0.15) is 0 Å². The maximum atomic E-state index is 12.4. The van der Waals surface area contributed by atoms with E-state index in [1.54, 1.807) is 32.4 Å². The molecule has 1 aromatic carbocycles. The highest BCUT2D eigenvalue weighted by Gasteiger charge is 2.28. The summed E-state index contributed by atoms with van der Waals surface area (Å²) in [6.07, 6.45) is 0.430. The van der Waals surface area contributed by atoms with Crippen molar-refractivity contribution in [1.29, 1.82) is 0 Å². The fourth-order valence-corrected chi connectivity index (χ4v) is 2.67. The Hall–Kier alpha value is -2.32. The van der Waals surface area contributed by atoms with Crippen LogP contribution in [-0.4, -0.2) is 58.0 Å². The summed E-state index contributed by atoms with van der Waals surface area (Å²) in [7, 11) is 3.11. The molecule has 0 aliphatic carbocycles. The second-order valence-corrected chi connectivity index (χ2v) is 5.71. The maximum absolute atomic E-state index is 12.4. The number of nitrogens with one attached hydrogen (secondary N) is 1. The zero-order chi connectivity index (χ0) is 18.2. The lowest BCUT2D eigenvalue weighted by Gasteiger charge is -2.31. The van der Waals surface area contributed by atoms with Crippen molar-refractivity contribution in [3.8, 4) is 11.5 Å². The molecule has 138 valence electrons. The fourth-order valence-electron chi connectivity index (χ4n) is 2.67. The third-order valence-corrected chi connectivity index (χ3v) is 3.92. The second-order valence-electron chi connectivity index (χ2n) is 5.71. The van der Waals surface area contributed by atoms with Crippen molar-refractivity contribution in [1.82, 2.24) is 5.32 Å². The monoisotopic (exact) mass is 352 g/mol. The lowest BCUT2D eigenvalue weighted by molar-refractivity contribution is -0.131. The molecule has 0 spiro atoms. The van der Waals surface area contributed by atoms with Gasteiger partial charge in [-0.3, -0.25) is 9.59 Å². The number of carbonyl (C=O) groups is 2. The van der Waals surface area contributed by atoms with E-state index in [1.165, 1.54) is 0 Å². The molecule has 2 amide bonds. The Labute approximate surface area is 146 Å². The van der Waals surface area contributed by atoms with E-state index in [-0.39, 0.29) is 31.1 Å². The number of hydrogen-bond acceptors (Lipinski definition) is 6. The van der Waals surface area contributed by atoms with E-state index in [1.807, 2.05) is 0 Å². The highest BCUT2D eigenvalue weighted by Crippen LogP contribution is 2.25. The van der Waals surface area contributed by atoms with Crippen LogP contribution in [0.3, 0.4) is 0 Å². The average molecular weight is 352 g/mol. The van der Waals surface area contributed by atoms with Crippen LogP contribution in [0, 0.1) is 0 Å². The molecule has 2 atom stereocenters. The molecule has 1 saturated heterocycles. The number of ether oxygens (including phenoxy) is 4. The zero-order valence-corrected chi connectivity index (χ0v) is 14.4. The Morgan fingerprint density at radius 2 is 2.12 bits per heavy atom. The average Bonchev–Trinajstić information content (AvgIpc) is 2.61. The molecule has 1 aliphatic rings. The van der Waals surface area contributed by atoms with Crippen molar-refractivity contribution in [2.45, 2.75) is 25.0 Å². The molecule has 25 heavy (non-hydrogen) atoms. The molecule has 3 N–H and O–H groups in total. The van der Waals surface area contributed by atoms with Crippen LogP contribution < -0.4 is 20.5 Å². The Balaban J connectivity index is 1.97. The first-order valence-electron chi connectivity index (χ1n) is 8.01. The largest absolute Gasteiger partial charge is 0.497 e. The molecule has 1 heterocycles. The van der Waals surface area contributed by atoms with Crippen LogP contribution in [0.2, 0.25) is 0 Å². The Morgan fingerprint density at radius 1 is 1.32 bits per heavy atom. The second kappa shape index (κ2) is 9.24. The summed E-state index contributed by atoms with van der Waals surface area (Å²) in [5.74, 6) is 0.503. The van der Waals surface area contributed by atoms with Gasteiger partial charge in [0.25, 0.3) is 0 Å². The van der Waals surface area contributed by atoms with E-state index in [0.29, 0.717) is 31.1 Å². The van der Waals surface area contributed by atoms with Gasteiger partial charge >= 0.3 is 0 Å². The van der Waals surface area contributed by atoms with Crippen molar-refractivity contribution < 1.29 is 28.5 Å². The van der Waals surface area contributed by atoms with Crippen LogP contribution in [0.25, 0.3) is 0 Å². The number of benzene rings is 1. The number of hydrogen-bond donors (Lipinski definition) is 2. The van der Waals surface area contributed by atoms with Gasteiger partial charge in [-0.1, -0.05) is 6.07 Å². The van der Waals surface area contributed by atoms with Crippen LogP contribution in [0.15, 0.2) is 18.2 Å². The van der Waals surface area contributed by atoms with Gasteiger partial charge in [0.1, 0.15) is 18.1 Å². The van der Waals surface area contributed by atoms with Crippen LogP contribution in [0.4, 0.5) is 0 Å². The predicted octanol–water partition coefficient (Wildman–Crippen LogP) is 0.0219. The Bertz CT molecular complexity index is 607. The van der Waals surface area contributed by atoms with Crippen molar-refractivity contribution >= 4 is 11.8 Å². The molecule has 8 nitrogen and oxygen atoms in total. The quantitative estimate of drug-likeness (QED) is 0.683. The summed E-state index contributed by atoms with van der Waals surface area (Å²) in [6.45, 7) is 0.667. The maximum Gasteiger partial charge on any atom is 0.243 e. The van der Waals surface area contributed by atoms with Gasteiger partial charge in [-0.15, -0.1) is 0 Å². The third-order valence-electron chi connectivity index (χ3n) is 3.92. The number of amides is 2. The molecule has 2 rings (SSSR count). The van der Waals surface area contributed by atoms with E-state index in [9.17, 15) is 9.59 Å². The molecular weight excluding hydrogens is 328 g/mol. The van der Waals surface area contributed by atoms with Gasteiger partial charge in [0.2, 0.25) is 11.8 Å². The van der Waals surface area contributed by atoms with Gasteiger partial charge in [0.15, 0.2) is 0 Å². The van der Waals surface area contributed by atoms with Crippen LogP contribution in [-0.2, 0) is 25.5 Å². The molecule has 0 aromatic heterocycles. The summed E-state index contributed by atoms with van der Waals surface area (Å²) < 4.78 is 21.3. The molecule has 0 bridgehead atoms. The lowest BCUT2D eigenvalue weighted by Crippen LogP contribution is -2.51.